The molecular formula is C30H24N4O6. The van der Waals surface area contributed by atoms with Gasteiger partial charge in [0, 0.05) is 5.56 Å². The number of methoxy groups -OCH3 is 3. The summed E-state index contributed by atoms with van der Waals surface area (Å²) in [6, 6.07) is 23.2. The first-order valence-electron chi connectivity index (χ1n) is 12.1. The zero-order valence-electron chi connectivity index (χ0n) is 21.9. The van der Waals surface area contributed by atoms with Crippen molar-refractivity contribution in [1.82, 2.24) is 4.98 Å². The second-order valence-electron chi connectivity index (χ2n) is 8.71. The third kappa shape index (κ3) is 4.29. The number of ether oxygens (including phenoxy) is 3. The van der Waals surface area contributed by atoms with E-state index in [1.807, 2.05) is 18.2 Å². The number of hydrogen-bond acceptors (Lipinski definition) is 10. The molecule has 5 rings (SSSR count). The Hall–Kier alpha value is -5.56. The lowest BCUT2D eigenvalue weighted by Gasteiger charge is -2.36. The molecule has 10 heteroatoms. The summed E-state index contributed by atoms with van der Waals surface area (Å²) in [5, 5.41) is 10.3. The van der Waals surface area contributed by atoms with E-state index < -0.39 is 17.9 Å². The first-order chi connectivity index (χ1) is 19.4. The summed E-state index contributed by atoms with van der Waals surface area (Å²) in [6.45, 7) is 0. The van der Waals surface area contributed by atoms with Crippen LogP contribution in [0.25, 0.3) is 22.6 Å². The van der Waals surface area contributed by atoms with Gasteiger partial charge in [0.1, 0.15) is 22.8 Å². The highest BCUT2D eigenvalue weighted by molar-refractivity contribution is 6.06. The number of aromatic nitrogens is 1. The monoisotopic (exact) mass is 536 g/mol. The molecule has 1 unspecified atom stereocenters. The van der Waals surface area contributed by atoms with Crippen LogP contribution in [-0.4, -0.2) is 38.3 Å². The van der Waals surface area contributed by atoms with Crippen molar-refractivity contribution in [3.05, 3.63) is 101 Å². The fourth-order valence-electron chi connectivity index (χ4n) is 4.76. The van der Waals surface area contributed by atoms with Crippen molar-refractivity contribution in [2.24, 2.45) is 5.73 Å². The molecule has 0 saturated carbocycles. The summed E-state index contributed by atoms with van der Waals surface area (Å²) in [6.07, 6.45) is 0. The molecular weight excluding hydrogens is 512 g/mol. The number of para-hydroxylation sites is 2. The van der Waals surface area contributed by atoms with E-state index in [0.29, 0.717) is 33.9 Å². The minimum Gasteiger partial charge on any atom is -0.495 e. The molecule has 0 spiro atoms. The Kier molecular flexibility index (Phi) is 6.95. The number of allylic oxidation sites excluding steroid dienone is 1. The first kappa shape index (κ1) is 26.1. The van der Waals surface area contributed by atoms with E-state index in [1.165, 1.54) is 26.2 Å². The molecule has 3 aromatic carbocycles. The molecule has 200 valence electrons. The lowest BCUT2D eigenvalue weighted by atomic mass is 9.81. The zero-order valence-corrected chi connectivity index (χ0v) is 21.9. The highest BCUT2D eigenvalue weighted by atomic mass is 16.5. The van der Waals surface area contributed by atoms with E-state index in [4.69, 9.17) is 24.4 Å². The molecule has 0 radical (unpaired) electrons. The van der Waals surface area contributed by atoms with Gasteiger partial charge in [-0.1, -0.05) is 42.5 Å². The van der Waals surface area contributed by atoms with Gasteiger partial charge in [0.2, 0.25) is 5.89 Å². The van der Waals surface area contributed by atoms with Crippen LogP contribution in [0, 0.1) is 11.3 Å². The van der Waals surface area contributed by atoms with Crippen LogP contribution < -0.4 is 15.4 Å². The fourth-order valence-corrected chi connectivity index (χ4v) is 4.76. The lowest BCUT2D eigenvalue weighted by Crippen LogP contribution is -2.41. The van der Waals surface area contributed by atoms with Crippen molar-refractivity contribution < 1.29 is 28.2 Å². The van der Waals surface area contributed by atoms with Gasteiger partial charge in [0.25, 0.3) is 0 Å². The maximum absolute atomic E-state index is 13.4. The molecule has 40 heavy (non-hydrogen) atoms. The van der Waals surface area contributed by atoms with Crippen LogP contribution in [0.15, 0.2) is 99.9 Å². The number of anilines is 1. The van der Waals surface area contributed by atoms with Crippen LogP contribution in [0.4, 0.5) is 5.69 Å². The quantitative estimate of drug-likeness (QED) is 0.352. The number of fused-ring (bicyclic) bond motifs is 1. The summed E-state index contributed by atoms with van der Waals surface area (Å²) in [7, 11) is 3.83. The van der Waals surface area contributed by atoms with Gasteiger partial charge >= 0.3 is 11.9 Å². The summed E-state index contributed by atoms with van der Waals surface area (Å²) >= 11 is 0. The third-order valence-corrected chi connectivity index (χ3v) is 6.57. The van der Waals surface area contributed by atoms with E-state index in [0.717, 1.165) is 0 Å². The van der Waals surface area contributed by atoms with Crippen LogP contribution in [0.3, 0.4) is 0 Å². The molecule has 1 atom stereocenters. The van der Waals surface area contributed by atoms with Crippen LogP contribution in [0.2, 0.25) is 0 Å². The zero-order chi connectivity index (χ0) is 28.4. The van der Waals surface area contributed by atoms with Crippen molar-refractivity contribution in [3.8, 4) is 23.3 Å². The smallest absolute Gasteiger partial charge is 0.355 e. The molecule has 0 amide bonds. The second-order valence-corrected chi connectivity index (χ2v) is 8.71. The standard InChI is InChI=1S/C30H24N4O6/c1-37-23-14-13-18(28-33-20-11-7-8-12-22(20)40-28)15-21(23)34-26(30(36)39-3)25(29(35)38-2)24(19(16-31)27(34)32)17-9-5-4-6-10-17/h4-15,24H,32H2,1-3H3. The number of nitrogens with two attached hydrogens (primary N) is 1. The van der Waals surface area contributed by atoms with Crippen LogP contribution in [0.1, 0.15) is 11.5 Å². The summed E-state index contributed by atoms with van der Waals surface area (Å²) in [5.41, 5.74) is 8.96. The van der Waals surface area contributed by atoms with Crippen molar-refractivity contribution in [3.63, 3.8) is 0 Å². The number of carbonyl (C=O) groups excluding carboxylic acids is 2. The van der Waals surface area contributed by atoms with Crippen molar-refractivity contribution >= 4 is 28.7 Å². The predicted octanol–water partition coefficient (Wildman–Crippen LogP) is 4.40. The Morgan fingerprint density at radius 3 is 2.33 bits per heavy atom. The number of oxazole rings is 1. The van der Waals surface area contributed by atoms with Crippen LogP contribution in [0.5, 0.6) is 5.75 Å². The SMILES string of the molecule is COC(=O)C1=C(C(=O)OC)N(c2cc(-c3nc4ccccc4o3)ccc2OC)C(N)=C(C#N)C1c1ccccc1. The Balaban J connectivity index is 1.81. The fraction of sp³-hybridized carbons (Fsp3) is 0.133. The molecule has 1 aromatic heterocycles. The van der Waals surface area contributed by atoms with E-state index in [9.17, 15) is 14.9 Å². The number of carbonyl (C=O) groups is 2. The van der Waals surface area contributed by atoms with Gasteiger partial charge in [-0.15, -0.1) is 0 Å². The number of nitriles is 1. The summed E-state index contributed by atoms with van der Waals surface area (Å²) in [4.78, 5) is 32.6. The molecule has 2 N–H and O–H groups in total. The number of esters is 2. The normalized spacial score (nSPS) is 15.2. The Morgan fingerprint density at radius 2 is 1.68 bits per heavy atom. The molecule has 1 aliphatic heterocycles. The van der Waals surface area contributed by atoms with Crippen LogP contribution >= 0.6 is 0 Å². The topological polar surface area (TPSA) is 141 Å². The molecule has 0 bridgehead atoms. The largest absolute Gasteiger partial charge is 0.495 e. The summed E-state index contributed by atoms with van der Waals surface area (Å²) in [5.74, 6) is -2.16. The Bertz CT molecular complexity index is 1700. The van der Waals surface area contributed by atoms with Gasteiger partial charge in [-0.25, -0.2) is 14.6 Å². The molecule has 4 aromatic rings. The second kappa shape index (κ2) is 10.7. The number of nitrogens with zero attached hydrogens (tertiary/aromatic N) is 3. The van der Waals surface area contributed by atoms with Gasteiger partial charge in [-0.05, 0) is 35.9 Å². The Labute approximate surface area is 229 Å². The van der Waals surface area contributed by atoms with E-state index in [1.54, 1.807) is 54.6 Å². The van der Waals surface area contributed by atoms with E-state index in [2.05, 4.69) is 11.1 Å². The van der Waals surface area contributed by atoms with Crippen molar-refractivity contribution in [1.29, 1.82) is 5.26 Å². The van der Waals surface area contributed by atoms with Gasteiger partial charge < -0.3 is 24.4 Å². The molecule has 10 nitrogen and oxygen atoms in total. The molecule has 0 aliphatic carbocycles. The first-order valence-corrected chi connectivity index (χ1v) is 12.1. The van der Waals surface area contributed by atoms with Gasteiger partial charge in [-0.3, -0.25) is 4.90 Å². The Morgan fingerprint density at radius 1 is 0.975 bits per heavy atom. The highest BCUT2D eigenvalue weighted by Gasteiger charge is 2.43. The third-order valence-electron chi connectivity index (χ3n) is 6.57. The number of hydrogen-bond donors (Lipinski definition) is 1. The van der Waals surface area contributed by atoms with Gasteiger partial charge in [-0.2, -0.15) is 5.26 Å². The molecule has 2 heterocycles. The number of rotatable bonds is 6. The predicted molar refractivity (Wildman–Crippen MR) is 146 cm³/mol. The maximum atomic E-state index is 13.4. The van der Waals surface area contributed by atoms with Crippen molar-refractivity contribution in [2.45, 2.75) is 5.92 Å². The lowest BCUT2D eigenvalue weighted by molar-refractivity contribution is -0.139. The van der Waals surface area contributed by atoms with E-state index in [-0.39, 0.29) is 28.4 Å². The van der Waals surface area contributed by atoms with Gasteiger partial charge in [0.15, 0.2) is 5.58 Å². The minimum absolute atomic E-state index is 0.0357. The average Bonchev–Trinajstić information content (AvgIpc) is 3.44. The van der Waals surface area contributed by atoms with Gasteiger partial charge in [0.05, 0.1) is 50.2 Å². The highest BCUT2D eigenvalue weighted by Crippen LogP contribution is 2.46. The van der Waals surface area contributed by atoms with Crippen molar-refractivity contribution in [2.75, 3.05) is 26.2 Å². The average molecular weight is 537 g/mol. The summed E-state index contributed by atoms with van der Waals surface area (Å²) < 4.78 is 21.8. The molecule has 0 saturated heterocycles. The molecule has 0 fully saturated rings. The molecule has 1 aliphatic rings. The number of benzene rings is 3. The maximum Gasteiger partial charge on any atom is 0.355 e. The van der Waals surface area contributed by atoms with E-state index >= 15 is 0 Å². The minimum atomic E-state index is -0.991. The van der Waals surface area contributed by atoms with Crippen LogP contribution in [-0.2, 0) is 19.1 Å².